The van der Waals surface area contributed by atoms with Crippen LogP contribution in [-0.2, 0) is 4.79 Å². The van der Waals surface area contributed by atoms with Gasteiger partial charge in [-0.15, -0.1) is 0 Å². The first-order valence-corrected chi connectivity index (χ1v) is 12.8. The first-order chi connectivity index (χ1) is 18.8. The number of aryl methyl sites for hydroxylation is 2. The maximum atomic E-state index is 13.7. The van der Waals surface area contributed by atoms with Gasteiger partial charge in [0.1, 0.15) is 12.4 Å². The van der Waals surface area contributed by atoms with Crippen LogP contribution < -0.4 is 10.6 Å². The highest BCUT2D eigenvalue weighted by atomic mass is 19.2. The zero-order valence-electron chi connectivity index (χ0n) is 22.2. The SMILES string of the molecule is CCCCN(CC(=O)Nc1c(-c2ccccc2)c(C)nn1-c1ccc(C)cc1)C(=O)Nc1ccc(F)c(F)c1. The lowest BCUT2D eigenvalue weighted by Crippen LogP contribution is -2.41. The van der Waals surface area contributed by atoms with Crippen LogP contribution in [0.4, 0.5) is 25.1 Å². The number of carbonyl (C=O) groups excluding carboxylic acids is 2. The molecule has 0 spiro atoms. The smallest absolute Gasteiger partial charge is 0.315 e. The maximum absolute atomic E-state index is 13.7. The number of nitrogens with zero attached hydrogens (tertiary/aromatic N) is 3. The van der Waals surface area contributed by atoms with Crippen LogP contribution in [0.25, 0.3) is 16.8 Å². The second kappa shape index (κ2) is 12.3. The molecule has 202 valence electrons. The van der Waals surface area contributed by atoms with Gasteiger partial charge in [-0.3, -0.25) is 4.79 Å². The molecule has 4 rings (SSSR count). The van der Waals surface area contributed by atoms with Crippen molar-refractivity contribution in [1.82, 2.24) is 14.7 Å². The summed E-state index contributed by atoms with van der Waals surface area (Å²) >= 11 is 0. The number of urea groups is 1. The molecule has 7 nitrogen and oxygen atoms in total. The van der Waals surface area contributed by atoms with Gasteiger partial charge in [0, 0.05) is 23.9 Å². The Hall–Kier alpha value is -4.53. The van der Waals surface area contributed by atoms with Crippen LogP contribution >= 0.6 is 0 Å². The van der Waals surface area contributed by atoms with Crippen molar-refractivity contribution < 1.29 is 18.4 Å². The average molecular weight is 532 g/mol. The fraction of sp³-hybridized carbons (Fsp3) is 0.233. The van der Waals surface area contributed by atoms with Crippen LogP contribution in [0.15, 0.2) is 72.8 Å². The number of carbonyl (C=O) groups is 2. The van der Waals surface area contributed by atoms with Gasteiger partial charge >= 0.3 is 6.03 Å². The van der Waals surface area contributed by atoms with E-state index in [9.17, 15) is 18.4 Å². The van der Waals surface area contributed by atoms with E-state index in [-0.39, 0.29) is 12.2 Å². The second-order valence-electron chi connectivity index (χ2n) is 9.30. The molecular formula is C30H31F2N5O2. The molecule has 2 N–H and O–H groups in total. The molecule has 3 amide bonds. The van der Waals surface area contributed by atoms with Gasteiger partial charge in [-0.1, -0.05) is 61.4 Å². The van der Waals surface area contributed by atoms with E-state index in [0.717, 1.165) is 46.6 Å². The van der Waals surface area contributed by atoms with Gasteiger partial charge in [-0.2, -0.15) is 5.10 Å². The number of amides is 3. The molecule has 0 radical (unpaired) electrons. The number of nitrogens with one attached hydrogen (secondary N) is 2. The Balaban J connectivity index is 1.62. The maximum Gasteiger partial charge on any atom is 0.322 e. The van der Waals surface area contributed by atoms with Gasteiger partial charge in [0.15, 0.2) is 11.6 Å². The van der Waals surface area contributed by atoms with Crippen LogP contribution in [0.3, 0.4) is 0 Å². The Labute approximate surface area is 226 Å². The molecule has 0 unspecified atom stereocenters. The van der Waals surface area contributed by atoms with E-state index in [1.807, 2.05) is 75.4 Å². The Morgan fingerprint density at radius 1 is 0.923 bits per heavy atom. The van der Waals surface area contributed by atoms with Crippen molar-refractivity contribution in [2.75, 3.05) is 23.7 Å². The Morgan fingerprint density at radius 3 is 2.31 bits per heavy atom. The molecule has 0 aliphatic heterocycles. The van der Waals surface area contributed by atoms with Gasteiger partial charge in [-0.25, -0.2) is 18.3 Å². The van der Waals surface area contributed by atoms with Gasteiger partial charge in [0.2, 0.25) is 5.91 Å². The highest BCUT2D eigenvalue weighted by molar-refractivity contribution is 5.99. The Morgan fingerprint density at radius 2 is 1.64 bits per heavy atom. The summed E-state index contributed by atoms with van der Waals surface area (Å²) in [4.78, 5) is 27.8. The molecule has 0 saturated heterocycles. The largest absolute Gasteiger partial charge is 0.322 e. The van der Waals surface area contributed by atoms with Crippen molar-refractivity contribution in [3.63, 3.8) is 0 Å². The highest BCUT2D eigenvalue weighted by Gasteiger charge is 2.23. The molecule has 4 aromatic rings. The third-order valence-corrected chi connectivity index (χ3v) is 6.23. The number of unbranched alkanes of at least 4 members (excludes halogenated alkanes) is 1. The number of rotatable bonds is 9. The summed E-state index contributed by atoms with van der Waals surface area (Å²) in [6, 6.07) is 19.9. The third kappa shape index (κ3) is 6.67. The summed E-state index contributed by atoms with van der Waals surface area (Å²) in [6.07, 6.45) is 1.46. The van der Waals surface area contributed by atoms with E-state index in [1.165, 1.54) is 11.0 Å². The standard InChI is InChI=1S/C30H31F2N5O2/c1-4-5-17-36(30(39)33-23-13-16-25(31)26(32)18-23)19-27(38)34-29-28(22-9-7-6-8-10-22)21(3)35-37(29)24-14-11-20(2)12-15-24/h6-16,18H,4-5,17,19H2,1-3H3,(H,33,39)(H,34,38). The molecule has 9 heteroatoms. The quantitative estimate of drug-likeness (QED) is 0.252. The second-order valence-corrected chi connectivity index (χ2v) is 9.30. The monoisotopic (exact) mass is 531 g/mol. The minimum Gasteiger partial charge on any atom is -0.315 e. The number of benzene rings is 3. The molecule has 0 aliphatic rings. The van der Waals surface area contributed by atoms with Gasteiger partial charge in [-0.05, 0) is 50.1 Å². The van der Waals surface area contributed by atoms with E-state index >= 15 is 0 Å². The minimum absolute atomic E-state index is 0.0974. The summed E-state index contributed by atoms with van der Waals surface area (Å²) in [5, 5.41) is 10.3. The van der Waals surface area contributed by atoms with Crippen molar-refractivity contribution in [3.8, 4) is 16.8 Å². The molecule has 1 heterocycles. The summed E-state index contributed by atoms with van der Waals surface area (Å²) in [6.45, 7) is 5.90. The number of anilines is 2. The molecule has 0 saturated carbocycles. The van der Waals surface area contributed by atoms with E-state index in [0.29, 0.717) is 18.8 Å². The van der Waals surface area contributed by atoms with Crippen LogP contribution in [0.2, 0.25) is 0 Å². The van der Waals surface area contributed by atoms with E-state index in [2.05, 4.69) is 10.6 Å². The predicted octanol–water partition coefficient (Wildman–Crippen LogP) is 6.71. The normalized spacial score (nSPS) is 10.8. The van der Waals surface area contributed by atoms with Crippen molar-refractivity contribution in [3.05, 3.63) is 95.7 Å². The summed E-state index contributed by atoms with van der Waals surface area (Å²) < 4.78 is 28.7. The molecule has 0 bridgehead atoms. The molecule has 0 atom stereocenters. The molecular weight excluding hydrogens is 500 g/mol. The van der Waals surface area contributed by atoms with Crippen molar-refractivity contribution in [1.29, 1.82) is 0 Å². The first-order valence-electron chi connectivity index (χ1n) is 12.8. The van der Waals surface area contributed by atoms with Gasteiger partial charge in [0.05, 0.1) is 11.4 Å². The number of hydrogen-bond acceptors (Lipinski definition) is 3. The summed E-state index contributed by atoms with van der Waals surface area (Å²) in [5.41, 5.74) is 4.37. The fourth-order valence-corrected chi connectivity index (χ4v) is 4.19. The topological polar surface area (TPSA) is 79.3 Å². The Bertz CT molecular complexity index is 1450. The van der Waals surface area contributed by atoms with Crippen molar-refractivity contribution >= 4 is 23.4 Å². The van der Waals surface area contributed by atoms with Crippen LogP contribution in [0, 0.1) is 25.5 Å². The number of hydrogen-bond donors (Lipinski definition) is 2. The van der Waals surface area contributed by atoms with Crippen LogP contribution in [0.5, 0.6) is 0 Å². The van der Waals surface area contributed by atoms with Crippen molar-refractivity contribution in [2.45, 2.75) is 33.6 Å². The Kier molecular flexibility index (Phi) is 8.70. The zero-order valence-corrected chi connectivity index (χ0v) is 22.2. The van der Waals surface area contributed by atoms with Crippen molar-refractivity contribution in [2.24, 2.45) is 0 Å². The highest BCUT2D eigenvalue weighted by Crippen LogP contribution is 2.33. The van der Waals surface area contributed by atoms with Gasteiger partial charge in [0.25, 0.3) is 0 Å². The van der Waals surface area contributed by atoms with E-state index in [1.54, 1.807) is 4.68 Å². The first kappa shape index (κ1) is 27.5. The third-order valence-electron chi connectivity index (χ3n) is 6.23. The molecule has 0 aliphatic carbocycles. The molecule has 3 aromatic carbocycles. The summed E-state index contributed by atoms with van der Waals surface area (Å²) in [5.74, 6) is -2.01. The van der Waals surface area contributed by atoms with Crippen LogP contribution in [0.1, 0.15) is 31.0 Å². The lowest BCUT2D eigenvalue weighted by molar-refractivity contribution is -0.116. The lowest BCUT2D eigenvalue weighted by atomic mass is 10.1. The number of halogens is 2. The van der Waals surface area contributed by atoms with E-state index in [4.69, 9.17) is 5.10 Å². The van der Waals surface area contributed by atoms with Gasteiger partial charge < -0.3 is 15.5 Å². The molecule has 39 heavy (non-hydrogen) atoms. The van der Waals surface area contributed by atoms with E-state index < -0.39 is 23.6 Å². The lowest BCUT2D eigenvalue weighted by Gasteiger charge is -2.23. The summed E-state index contributed by atoms with van der Waals surface area (Å²) in [7, 11) is 0. The number of aromatic nitrogens is 2. The average Bonchev–Trinajstić information content (AvgIpc) is 3.24. The van der Waals surface area contributed by atoms with Crippen LogP contribution in [-0.4, -0.2) is 39.7 Å². The minimum atomic E-state index is -1.07. The fourth-order valence-electron chi connectivity index (χ4n) is 4.19. The predicted molar refractivity (Wildman–Crippen MR) is 149 cm³/mol. The zero-order chi connectivity index (χ0) is 27.9. The molecule has 1 aromatic heterocycles. The molecule has 0 fully saturated rings.